The van der Waals surface area contributed by atoms with Crippen molar-refractivity contribution in [3.05, 3.63) is 23.7 Å². The van der Waals surface area contributed by atoms with Crippen LogP contribution in [0.4, 0.5) is 0 Å². The van der Waals surface area contributed by atoms with Crippen LogP contribution in [0, 0.1) is 0 Å². The van der Waals surface area contributed by atoms with E-state index < -0.39 is 5.97 Å². The summed E-state index contributed by atoms with van der Waals surface area (Å²) in [6.07, 6.45) is 7.11. The van der Waals surface area contributed by atoms with E-state index in [9.17, 15) is 4.79 Å². The lowest BCUT2D eigenvalue weighted by atomic mass is 10.2. The van der Waals surface area contributed by atoms with E-state index >= 15 is 0 Å². The van der Waals surface area contributed by atoms with Gasteiger partial charge < -0.3 is 14.8 Å². The maximum Gasteiger partial charge on any atom is 0.371 e. The molecule has 1 heterocycles. The normalized spacial score (nSPS) is 10.7. The van der Waals surface area contributed by atoms with Gasteiger partial charge in [0.25, 0.3) is 0 Å². The van der Waals surface area contributed by atoms with Gasteiger partial charge in [-0.2, -0.15) is 11.8 Å². The number of hydrogen-bond acceptors (Lipinski definition) is 4. The van der Waals surface area contributed by atoms with Gasteiger partial charge in [0.15, 0.2) is 0 Å². The van der Waals surface area contributed by atoms with E-state index in [0.29, 0.717) is 12.3 Å². The molecule has 5 heteroatoms. The Morgan fingerprint density at radius 3 is 2.78 bits per heavy atom. The van der Waals surface area contributed by atoms with Crippen LogP contribution < -0.4 is 5.32 Å². The van der Waals surface area contributed by atoms with Crippen molar-refractivity contribution in [3.8, 4) is 0 Å². The first-order valence-corrected chi connectivity index (χ1v) is 7.65. The SMILES string of the molecule is CSCCCCCCNCc1ccc(C(=O)O)o1. The highest BCUT2D eigenvalue weighted by Crippen LogP contribution is 2.08. The Hall–Kier alpha value is -0.940. The molecular weight excluding hydrogens is 250 g/mol. The van der Waals surface area contributed by atoms with Crippen LogP contribution in [0.5, 0.6) is 0 Å². The Morgan fingerprint density at radius 1 is 1.33 bits per heavy atom. The van der Waals surface area contributed by atoms with Gasteiger partial charge in [-0.15, -0.1) is 0 Å². The molecule has 0 spiro atoms. The average Bonchev–Trinajstić information content (AvgIpc) is 2.81. The molecule has 0 aromatic carbocycles. The van der Waals surface area contributed by atoms with Crippen LogP contribution in [-0.4, -0.2) is 29.6 Å². The Bertz CT molecular complexity index is 352. The Kier molecular flexibility index (Phi) is 7.60. The van der Waals surface area contributed by atoms with Crippen LogP contribution in [0.25, 0.3) is 0 Å². The second-order valence-corrected chi connectivity index (χ2v) is 5.14. The number of carboxylic acids is 1. The summed E-state index contributed by atoms with van der Waals surface area (Å²) in [5.41, 5.74) is 0. The Morgan fingerprint density at radius 2 is 2.11 bits per heavy atom. The van der Waals surface area contributed by atoms with Crippen LogP contribution in [0.15, 0.2) is 16.5 Å². The summed E-state index contributed by atoms with van der Waals surface area (Å²) in [5, 5.41) is 11.9. The monoisotopic (exact) mass is 271 g/mol. The van der Waals surface area contributed by atoms with E-state index in [1.807, 2.05) is 11.8 Å². The van der Waals surface area contributed by atoms with Crippen molar-refractivity contribution in [2.45, 2.75) is 32.2 Å². The third-order valence-corrected chi connectivity index (χ3v) is 3.32. The minimum Gasteiger partial charge on any atom is -0.475 e. The third kappa shape index (κ3) is 6.12. The van der Waals surface area contributed by atoms with Crippen molar-refractivity contribution in [1.82, 2.24) is 5.32 Å². The topological polar surface area (TPSA) is 62.5 Å². The van der Waals surface area contributed by atoms with Crippen molar-refractivity contribution in [2.75, 3.05) is 18.6 Å². The molecule has 0 atom stereocenters. The number of unbranched alkanes of at least 4 members (excludes halogenated alkanes) is 3. The molecule has 0 amide bonds. The molecule has 0 bridgehead atoms. The van der Waals surface area contributed by atoms with Gasteiger partial charge in [0.1, 0.15) is 5.76 Å². The number of carbonyl (C=O) groups is 1. The minimum absolute atomic E-state index is 0.00358. The van der Waals surface area contributed by atoms with E-state index in [1.165, 1.54) is 31.1 Å². The van der Waals surface area contributed by atoms with Crippen LogP contribution in [0.3, 0.4) is 0 Å². The van der Waals surface area contributed by atoms with Gasteiger partial charge in [-0.3, -0.25) is 0 Å². The van der Waals surface area contributed by atoms with Crippen molar-refractivity contribution >= 4 is 17.7 Å². The van der Waals surface area contributed by atoms with E-state index in [0.717, 1.165) is 13.0 Å². The molecule has 18 heavy (non-hydrogen) atoms. The molecule has 0 aliphatic rings. The first-order chi connectivity index (χ1) is 8.74. The smallest absolute Gasteiger partial charge is 0.371 e. The van der Waals surface area contributed by atoms with Crippen molar-refractivity contribution < 1.29 is 14.3 Å². The molecule has 0 unspecified atom stereocenters. The fourth-order valence-electron chi connectivity index (χ4n) is 1.65. The highest BCUT2D eigenvalue weighted by Gasteiger charge is 2.07. The number of rotatable bonds is 10. The standard InChI is InChI=1S/C13H21NO3S/c1-18-9-5-3-2-4-8-14-10-11-6-7-12(17-11)13(15)16/h6-7,14H,2-5,8-10H2,1H3,(H,15,16). The maximum atomic E-state index is 10.6. The van der Waals surface area contributed by atoms with Gasteiger partial charge in [-0.1, -0.05) is 12.8 Å². The fraction of sp³-hybridized carbons (Fsp3) is 0.615. The number of aromatic carboxylic acids is 1. The Balaban J connectivity index is 2.02. The van der Waals surface area contributed by atoms with Crippen molar-refractivity contribution in [2.24, 2.45) is 0 Å². The second-order valence-electron chi connectivity index (χ2n) is 4.15. The molecular formula is C13H21NO3S. The van der Waals surface area contributed by atoms with Crippen LogP contribution in [0.1, 0.15) is 42.0 Å². The van der Waals surface area contributed by atoms with Gasteiger partial charge >= 0.3 is 5.97 Å². The van der Waals surface area contributed by atoms with Gasteiger partial charge in [0, 0.05) is 0 Å². The number of thioether (sulfide) groups is 1. The number of nitrogens with one attached hydrogen (secondary N) is 1. The third-order valence-electron chi connectivity index (χ3n) is 2.62. The van der Waals surface area contributed by atoms with Crippen molar-refractivity contribution in [3.63, 3.8) is 0 Å². The van der Waals surface area contributed by atoms with Gasteiger partial charge in [0.2, 0.25) is 5.76 Å². The average molecular weight is 271 g/mol. The number of carboxylic acid groups (broad SMARTS) is 1. The molecule has 0 saturated carbocycles. The highest BCUT2D eigenvalue weighted by atomic mass is 32.2. The quantitative estimate of drug-likeness (QED) is 0.641. The predicted octanol–water partition coefficient (Wildman–Crippen LogP) is 2.99. The lowest BCUT2D eigenvalue weighted by Crippen LogP contribution is -2.14. The molecule has 0 saturated heterocycles. The molecule has 0 radical (unpaired) electrons. The maximum absolute atomic E-state index is 10.6. The highest BCUT2D eigenvalue weighted by molar-refractivity contribution is 7.98. The van der Waals surface area contributed by atoms with Crippen LogP contribution in [0.2, 0.25) is 0 Å². The zero-order valence-electron chi connectivity index (χ0n) is 10.8. The molecule has 4 nitrogen and oxygen atoms in total. The minimum atomic E-state index is -1.02. The lowest BCUT2D eigenvalue weighted by Gasteiger charge is -2.02. The summed E-state index contributed by atoms with van der Waals surface area (Å²) in [6.45, 7) is 1.54. The Labute approximate surface area is 112 Å². The molecule has 0 aliphatic heterocycles. The van der Waals surface area contributed by atoms with E-state index in [2.05, 4.69) is 11.6 Å². The van der Waals surface area contributed by atoms with Gasteiger partial charge in [-0.25, -0.2) is 4.79 Å². The molecule has 1 aromatic heterocycles. The summed E-state index contributed by atoms with van der Waals surface area (Å²) < 4.78 is 5.14. The summed E-state index contributed by atoms with van der Waals surface area (Å²) in [7, 11) is 0. The second kappa shape index (κ2) is 9.05. The fourth-order valence-corrected chi connectivity index (χ4v) is 2.14. The van der Waals surface area contributed by atoms with E-state index in [1.54, 1.807) is 6.07 Å². The lowest BCUT2D eigenvalue weighted by molar-refractivity contribution is 0.0660. The van der Waals surface area contributed by atoms with E-state index in [-0.39, 0.29) is 5.76 Å². The molecule has 0 aliphatic carbocycles. The summed E-state index contributed by atoms with van der Waals surface area (Å²) in [5.74, 6) is 0.909. The molecule has 102 valence electrons. The van der Waals surface area contributed by atoms with E-state index in [4.69, 9.17) is 9.52 Å². The van der Waals surface area contributed by atoms with Gasteiger partial charge in [0.05, 0.1) is 6.54 Å². The number of furan rings is 1. The molecule has 0 fully saturated rings. The molecule has 1 aromatic rings. The molecule has 1 rings (SSSR count). The van der Waals surface area contributed by atoms with Crippen molar-refractivity contribution in [1.29, 1.82) is 0 Å². The zero-order valence-corrected chi connectivity index (χ0v) is 11.6. The largest absolute Gasteiger partial charge is 0.475 e. The first-order valence-electron chi connectivity index (χ1n) is 6.25. The first kappa shape index (κ1) is 15.1. The summed E-state index contributed by atoms with van der Waals surface area (Å²) in [6, 6.07) is 3.19. The van der Waals surface area contributed by atoms with Gasteiger partial charge in [-0.05, 0) is 43.5 Å². The van der Waals surface area contributed by atoms with Crippen LogP contribution in [-0.2, 0) is 6.54 Å². The summed E-state index contributed by atoms with van der Waals surface area (Å²) in [4.78, 5) is 10.6. The predicted molar refractivity (Wildman–Crippen MR) is 74.2 cm³/mol. The summed E-state index contributed by atoms with van der Waals surface area (Å²) >= 11 is 1.90. The molecule has 2 N–H and O–H groups in total. The zero-order chi connectivity index (χ0) is 13.2. The van der Waals surface area contributed by atoms with Crippen LogP contribution >= 0.6 is 11.8 Å². The number of hydrogen-bond donors (Lipinski definition) is 2.